The van der Waals surface area contributed by atoms with E-state index in [-0.39, 0.29) is 12.7 Å². The van der Waals surface area contributed by atoms with Crippen LogP contribution in [0.15, 0.2) is 30.5 Å². The highest BCUT2D eigenvalue weighted by Gasteiger charge is 2.19. The number of hydrogen-bond donors (Lipinski definition) is 3. The normalized spacial score (nSPS) is 17.2. The molecule has 1 saturated heterocycles. The molecule has 1 aromatic carbocycles. The smallest absolute Gasteiger partial charge is 0.120 e. The van der Waals surface area contributed by atoms with E-state index in [1.807, 2.05) is 31.3 Å². The van der Waals surface area contributed by atoms with Gasteiger partial charge in [-0.25, -0.2) is 4.98 Å². The fourth-order valence-corrected chi connectivity index (χ4v) is 3.55. The number of benzene rings is 1. The highest BCUT2D eigenvalue weighted by Crippen LogP contribution is 2.16. The Labute approximate surface area is 167 Å². The third-order valence-corrected chi connectivity index (χ3v) is 4.99. The van der Waals surface area contributed by atoms with Crippen LogP contribution in [-0.2, 0) is 13.1 Å². The Hall–Kier alpha value is -1.93. The number of aromatic nitrogens is 2. The second-order valence-corrected chi connectivity index (χ2v) is 7.83. The van der Waals surface area contributed by atoms with Crippen LogP contribution in [0.3, 0.4) is 0 Å². The Morgan fingerprint density at radius 2 is 2.11 bits per heavy atom. The van der Waals surface area contributed by atoms with Crippen LogP contribution in [0.1, 0.15) is 29.9 Å². The number of piperidine rings is 1. The molecule has 1 aromatic heterocycles. The summed E-state index contributed by atoms with van der Waals surface area (Å²) in [5.74, 6) is 1.73. The number of likely N-dealkylation sites (tertiary alicyclic amines) is 1. The zero-order chi connectivity index (χ0) is 19.9. The fraction of sp³-hybridized carbons (Fsp3) is 0.571. The number of aliphatic hydroxyl groups is 2. The largest absolute Gasteiger partial charge is 0.491 e. The molecule has 0 radical (unpaired) electrons. The molecule has 154 valence electrons. The van der Waals surface area contributed by atoms with Gasteiger partial charge in [-0.15, -0.1) is 0 Å². The summed E-state index contributed by atoms with van der Waals surface area (Å²) in [7, 11) is 2.06. The molecule has 0 bridgehead atoms. The molecular formula is C21H32N4O3. The van der Waals surface area contributed by atoms with Crippen molar-refractivity contribution in [3.05, 3.63) is 47.5 Å². The summed E-state index contributed by atoms with van der Waals surface area (Å²) in [6.45, 7) is 6.05. The molecule has 7 nitrogen and oxygen atoms in total. The summed E-state index contributed by atoms with van der Waals surface area (Å²) >= 11 is 0. The minimum atomic E-state index is -0.538. The summed E-state index contributed by atoms with van der Waals surface area (Å²) in [6.07, 6.45) is 2.67. The van der Waals surface area contributed by atoms with Crippen molar-refractivity contribution in [2.45, 2.75) is 45.1 Å². The van der Waals surface area contributed by atoms with Crippen LogP contribution in [0.4, 0.5) is 0 Å². The van der Waals surface area contributed by atoms with Gasteiger partial charge in [0.05, 0.1) is 12.6 Å². The molecule has 1 aliphatic heterocycles. The lowest BCUT2D eigenvalue weighted by Crippen LogP contribution is -2.41. The van der Waals surface area contributed by atoms with Gasteiger partial charge in [0, 0.05) is 38.1 Å². The highest BCUT2D eigenvalue weighted by atomic mass is 16.5. The average molecular weight is 389 g/mol. The number of hydrogen-bond acceptors (Lipinski definition) is 6. The molecule has 1 fully saturated rings. The topological polar surface area (TPSA) is 84.8 Å². The third-order valence-electron chi connectivity index (χ3n) is 4.99. The van der Waals surface area contributed by atoms with Gasteiger partial charge in [0.15, 0.2) is 0 Å². The summed E-state index contributed by atoms with van der Waals surface area (Å²) in [5.41, 5.74) is 2.22. The molecule has 2 aromatic rings. The number of rotatable bonds is 9. The predicted octanol–water partition coefficient (Wildman–Crippen LogP) is 1.55. The summed E-state index contributed by atoms with van der Waals surface area (Å²) < 4.78 is 5.81. The van der Waals surface area contributed by atoms with Gasteiger partial charge < -0.3 is 24.8 Å². The van der Waals surface area contributed by atoms with Crippen LogP contribution >= 0.6 is 0 Å². The van der Waals surface area contributed by atoms with Crippen LogP contribution < -0.4 is 4.74 Å². The summed E-state index contributed by atoms with van der Waals surface area (Å²) in [6, 6.07) is 8.00. The van der Waals surface area contributed by atoms with Gasteiger partial charge in [-0.05, 0) is 44.5 Å². The molecule has 3 rings (SSSR count). The average Bonchev–Trinajstić information content (AvgIpc) is 3.07. The van der Waals surface area contributed by atoms with Crippen LogP contribution in [0, 0.1) is 6.92 Å². The molecule has 2 heterocycles. The van der Waals surface area contributed by atoms with Crippen LogP contribution in [0.2, 0.25) is 0 Å². The van der Waals surface area contributed by atoms with Crippen molar-refractivity contribution in [2.75, 3.05) is 33.3 Å². The maximum absolute atomic E-state index is 10.3. The van der Waals surface area contributed by atoms with Crippen molar-refractivity contribution in [3.8, 4) is 5.75 Å². The third kappa shape index (κ3) is 6.60. The molecule has 7 heteroatoms. The molecule has 0 aliphatic carbocycles. The van der Waals surface area contributed by atoms with Crippen LogP contribution in [0.25, 0.3) is 0 Å². The van der Waals surface area contributed by atoms with E-state index in [4.69, 9.17) is 4.74 Å². The quantitative estimate of drug-likeness (QED) is 0.604. The van der Waals surface area contributed by atoms with Crippen molar-refractivity contribution in [1.29, 1.82) is 0 Å². The standard InChI is InChI=1S/C21H32N4O3/c1-16-11-22-21(23-16)14-24(2)12-17-4-3-5-20(10-17)28-15-19(27)13-25-8-6-18(26)7-9-25/h3-5,10-11,18-19,26-27H,6-9,12-15H2,1-2H3,(H,22,23). The number of imidazole rings is 1. The lowest BCUT2D eigenvalue weighted by molar-refractivity contribution is 0.0337. The van der Waals surface area contributed by atoms with Crippen LogP contribution in [-0.4, -0.2) is 75.5 Å². The Morgan fingerprint density at radius 3 is 2.82 bits per heavy atom. The van der Waals surface area contributed by atoms with E-state index < -0.39 is 6.10 Å². The number of nitrogens with one attached hydrogen (secondary N) is 1. The van der Waals surface area contributed by atoms with Crippen LogP contribution in [0.5, 0.6) is 5.75 Å². The van der Waals surface area contributed by atoms with Gasteiger partial charge in [-0.3, -0.25) is 4.90 Å². The van der Waals surface area contributed by atoms with E-state index in [0.717, 1.165) is 61.9 Å². The number of β-amino-alcohol motifs (C(OH)–C–C–N with tert-alkyl or cyclic N) is 1. The van der Waals surface area contributed by atoms with Gasteiger partial charge in [0.1, 0.15) is 24.3 Å². The SMILES string of the molecule is Cc1cnc(CN(C)Cc2cccc(OCC(O)CN3CCC(O)CC3)c2)[nH]1. The van der Waals surface area contributed by atoms with E-state index in [1.54, 1.807) is 0 Å². The molecule has 3 N–H and O–H groups in total. The minimum absolute atomic E-state index is 0.192. The van der Waals surface area contributed by atoms with Crippen molar-refractivity contribution < 1.29 is 14.9 Å². The molecule has 0 amide bonds. The lowest BCUT2D eigenvalue weighted by Gasteiger charge is -2.30. The Balaban J connectivity index is 1.43. The maximum atomic E-state index is 10.3. The Bertz CT molecular complexity index is 728. The highest BCUT2D eigenvalue weighted by molar-refractivity contribution is 5.28. The van der Waals surface area contributed by atoms with E-state index >= 15 is 0 Å². The summed E-state index contributed by atoms with van der Waals surface area (Å²) in [4.78, 5) is 12.0. The van der Waals surface area contributed by atoms with Gasteiger partial charge in [-0.1, -0.05) is 12.1 Å². The lowest BCUT2D eigenvalue weighted by atomic mass is 10.1. The number of H-pyrrole nitrogens is 1. The van der Waals surface area contributed by atoms with Crippen molar-refractivity contribution >= 4 is 0 Å². The van der Waals surface area contributed by atoms with E-state index in [0.29, 0.717) is 6.54 Å². The zero-order valence-electron chi connectivity index (χ0n) is 16.8. The van der Waals surface area contributed by atoms with E-state index in [2.05, 4.69) is 32.9 Å². The Morgan fingerprint density at radius 1 is 1.32 bits per heavy atom. The zero-order valence-corrected chi connectivity index (χ0v) is 16.8. The Kier molecular flexibility index (Phi) is 7.44. The predicted molar refractivity (Wildman–Crippen MR) is 108 cm³/mol. The fourth-order valence-electron chi connectivity index (χ4n) is 3.55. The first-order valence-electron chi connectivity index (χ1n) is 9.97. The second kappa shape index (κ2) is 10.0. The maximum Gasteiger partial charge on any atom is 0.120 e. The first kappa shape index (κ1) is 20.8. The first-order valence-corrected chi connectivity index (χ1v) is 9.97. The minimum Gasteiger partial charge on any atom is -0.491 e. The number of aromatic amines is 1. The van der Waals surface area contributed by atoms with Gasteiger partial charge >= 0.3 is 0 Å². The molecule has 28 heavy (non-hydrogen) atoms. The monoisotopic (exact) mass is 388 g/mol. The van der Waals surface area contributed by atoms with Gasteiger partial charge in [0.2, 0.25) is 0 Å². The van der Waals surface area contributed by atoms with Crippen molar-refractivity contribution in [1.82, 2.24) is 19.8 Å². The number of nitrogens with zero attached hydrogens (tertiary/aromatic N) is 3. The molecule has 1 aliphatic rings. The number of ether oxygens (including phenoxy) is 1. The first-order chi connectivity index (χ1) is 13.5. The van der Waals surface area contributed by atoms with E-state index in [1.165, 1.54) is 0 Å². The molecule has 1 unspecified atom stereocenters. The number of aliphatic hydroxyl groups excluding tert-OH is 2. The van der Waals surface area contributed by atoms with E-state index in [9.17, 15) is 10.2 Å². The molecule has 1 atom stereocenters. The summed E-state index contributed by atoms with van der Waals surface area (Å²) in [5, 5.41) is 19.8. The van der Waals surface area contributed by atoms with Crippen molar-refractivity contribution in [2.24, 2.45) is 0 Å². The number of aryl methyl sites for hydroxylation is 1. The second-order valence-electron chi connectivity index (χ2n) is 7.83. The molecular weight excluding hydrogens is 356 g/mol. The van der Waals surface area contributed by atoms with Gasteiger partial charge in [0.25, 0.3) is 0 Å². The van der Waals surface area contributed by atoms with Gasteiger partial charge in [-0.2, -0.15) is 0 Å². The molecule has 0 saturated carbocycles. The van der Waals surface area contributed by atoms with Crippen molar-refractivity contribution in [3.63, 3.8) is 0 Å². The molecule has 0 spiro atoms.